The molecule has 2 atom stereocenters. The minimum atomic E-state index is -3.93. The van der Waals surface area contributed by atoms with E-state index in [0.717, 1.165) is 29.8 Å². The highest BCUT2D eigenvalue weighted by atomic mass is 35.5. The molecule has 0 heterocycles. The summed E-state index contributed by atoms with van der Waals surface area (Å²) >= 11 is 6.22. The van der Waals surface area contributed by atoms with E-state index in [0.29, 0.717) is 5.02 Å². The van der Waals surface area contributed by atoms with Gasteiger partial charge in [-0.3, -0.25) is 4.79 Å². The Kier molecular flexibility index (Phi) is 6.42. The zero-order valence-corrected chi connectivity index (χ0v) is 16.3. The van der Waals surface area contributed by atoms with E-state index in [9.17, 15) is 17.6 Å². The van der Waals surface area contributed by atoms with Gasteiger partial charge in [0.1, 0.15) is 11.1 Å². The van der Waals surface area contributed by atoms with Crippen molar-refractivity contribution in [1.82, 2.24) is 5.32 Å². The molecule has 140 valence electrons. The first kappa shape index (κ1) is 20.4. The van der Waals surface area contributed by atoms with Gasteiger partial charge >= 0.3 is 0 Å². The largest absolute Gasteiger partial charge is 0.348 e. The van der Waals surface area contributed by atoms with Crippen LogP contribution in [0.5, 0.6) is 0 Å². The Bertz CT molecular complexity index is 882. The lowest BCUT2D eigenvalue weighted by molar-refractivity contribution is -0.121. The van der Waals surface area contributed by atoms with Crippen LogP contribution in [0, 0.1) is 11.7 Å². The topological polar surface area (TPSA) is 63.2 Å². The van der Waals surface area contributed by atoms with Crippen LogP contribution in [0.2, 0.25) is 5.02 Å². The molecule has 0 fully saturated rings. The number of rotatable bonds is 6. The first-order valence-corrected chi connectivity index (χ1v) is 10.1. The summed E-state index contributed by atoms with van der Waals surface area (Å²) in [5, 5.41) is 1.96. The molecule has 2 unspecified atom stereocenters. The lowest BCUT2D eigenvalue weighted by atomic mass is 9.96. The third kappa shape index (κ3) is 4.43. The fraction of sp³-hybridized carbons (Fsp3) is 0.316. The van der Waals surface area contributed by atoms with Crippen molar-refractivity contribution in [2.24, 2.45) is 5.92 Å². The van der Waals surface area contributed by atoms with Crippen LogP contribution in [0.4, 0.5) is 4.39 Å². The molecular weight excluding hydrogens is 377 g/mol. The fourth-order valence-electron chi connectivity index (χ4n) is 2.57. The van der Waals surface area contributed by atoms with Gasteiger partial charge < -0.3 is 5.32 Å². The Hall–Kier alpha value is -1.92. The van der Waals surface area contributed by atoms with E-state index < -0.39 is 32.9 Å². The normalized spacial score (nSPS) is 14.1. The van der Waals surface area contributed by atoms with Gasteiger partial charge in [-0.15, -0.1) is 0 Å². The molecule has 0 aliphatic heterocycles. The van der Waals surface area contributed by atoms with Crippen molar-refractivity contribution in [3.8, 4) is 0 Å². The molecule has 2 aromatic rings. The molecule has 0 aromatic heterocycles. The van der Waals surface area contributed by atoms with Gasteiger partial charge in [0.05, 0.1) is 10.9 Å². The maximum absolute atomic E-state index is 13.0. The van der Waals surface area contributed by atoms with Crippen LogP contribution in [0.15, 0.2) is 53.4 Å². The molecule has 2 rings (SSSR count). The maximum Gasteiger partial charge on any atom is 0.238 e. The summed E-state index contributed by atoms with van der Waals surface area (Å²) in [4.78, 5) is 12.5. The second-order valence-corrected chi connectivity index (χ2v) is 9.07. The number of sulfone groups is 1. The number of hydrogen-bond donors (Lipinski definition) is 1. The lowest BCUT2D eigenvalue weighted by Crippen LogP contribution is -2.41. The summed E-state index contributed by atoms with van der Waals surface area (Å²) in [7, 11) is -3.93. The molecule has 2 aromatic carbocycles. The summed E-state index contributed by atoms with van der Waals surface area (Å²) in [5.41, 5.74) is 0.726. The van der Waals surface area contributed by atoms with E-state index in [1.807, 2.05) is 13.8 Å². The first-order chi connectivity index (χ1) is 12.1. The quantitative estimate of drug-likeness (QED) is 0.744. The van der Waals surface area contributed by atoms with Crippen LogP contribution in [-0.2, 0) is 14.6 Å². The molecule has 0 spiro atoms. The minimum Gasteiger partial charge on any atom is -0.348 e. The Morgan fingerprint density at radius 3 is 2.15 bits per heavy atom. The van der Waals surface area contributed by atoms with Crippen molar-refractivity contribution in [3.05, 3.63) is 64.9 Å². The molecule has 4 nitrogen and oxygen atoms in total. The lowest BCUT2D eigenvalue weighted by Gasteiger charge is -2.25. The number of hydrogen-bond acceptors (Lipinski definition) is 3. The highest BCUT2D eigenvalue weighted by Crippen LogP contribution is 2.28. The van der Waals surface area contributed by atoms with Crippen molar-refractivity contribution in [2.75, 3.05) is 0 Å². The summed E-state index contributed by atoms with van der Waals surface area (Å²) in [6.07, 6.45) is 0. The molecule has 26 heavy (non-hydrogen) atoms. The smallest absolute Gasteiger partial charge is 0.238 e. The zero-order valence-electron chi connectivity index (χ0n) is 14.7. The number of carbonyl (C=O) groups excluding carboxylic acids is 1. The highest BCUT2D eigenvalue weighted by Gasteiger charge is 2.32. The summed E-state index contributed by atoms with van der Waals surface area (Å²) in [5.74, 6) is -1.17. The van der Waals surface area contributed by atoms with E-state index in [2.05, 4.69) is 5.32 Å². The predicted octanol–water partition coefficient (Wildman–Crippen LogP) is 4.15. The van der Waals surface area contributed by atoms with Crippen molar-refractivity contribution >= 4 is 27.3 Å². The molecule has 0 aliphatic rings. The summed E-state index contributed by atoms with van der Waals surface area (Å²) < 4.78 is 38.3. The monoisotopic (exact) mass is 397 g/mol. The van der Waals surface area contributed by atoms with Crippen LogP contribution in [-0.4, -0.2) is 19.6 Å². The molecule has 0 saturated heterocycles. The predicted molar refractivity (Wildman–Crippen MR) is 100 cm³/mol. The maximum atomic E-state index is 13.0. The minimum absolute atomic E-state index is 0.000393. The molecule has 0 radical (unpaired) electrons. The van der Waals surface area contributed by atoms with E-state index in [4.69, 9.17) is 11.6 Å². The number of amides is 1. The average Bonchev–Trinajstić information content (AvgIpc) is 2.59. The standard InChI is InChI=1S/C19H21ClFNO3S/c1-12(2)18(16-6-4-5-7-17(16)20)22-19(23)13(3)26(24,25)15-10-8-14(21)9-11-15/h4-13,18H,1-3H3,(H,22,23). The van der Waals surface area contributed by atoms with Gasteiger partial charge in [-0.25, -0.2) is 12.8 Å². The van der Waals surface area contributed by atoms with Crippen molar-refractivity contribution in [1.29, 1.82) is 0 Å². The molecular formula is C19H21ClFNO3S. The summed E-state index contributed by atoms with van der Waals surface area (Å²) in [6, 6.07) is 11.1. The first-order valence-electron chi connectivity index (χ1n) is 8.19. The average molecular weight is 398 g/mol. The van der Waals surface area contributed by atoms with Crippen molar-refractivity contribution in [2.45, 2.75) is 37.0 Å². The second-order valence-electron chi connectivity index (χ2n) is 6.39. The Balaban J connectivity index is 2.26. The van der Waals surface area contributed by atoms with Crippen LogP contribution >= 0.6 is 11.6 Å². The molecule has 7 heteroatoms. The van der Waals surface area contributed by atoms with Crippen LogP contribution in [0.3, 0.4) is 0 Å². The Morgan fingerprint density at radius 2 is 1.62 bits per heavy atom. The van der Waals surface area contributed by atoms with Gasteiger partial charge in [0, 0.05) is 5.02 Å². The van der Waals surface area contributed by atoms with Crippen LogP contribution in [0.1, 0.15) is 32.4 Å². The van der Waals surface area contributed by atoms with Gasteiger partial charge in [-0.1, -0.05) is 43.6 Å². The van der Waals surface area contributed by atoms with Gasteiger partial charge in [0.25, 0.3) is 0 Å². The molecule has 0 aliphatic carbocycles. The van der Waals surface area contributed by atoms with Crippen LogP contribution in [0.25, 0.3) is 0 Å². The molecule has 1 N–H and O–H groups in total. The zero-order chi connectivity index (χ0) is 19.5. The number of halogens is 2. The van der Waals surface area contributed by atoms with E-state index >= 15 is 0 Å². The van der Waals surface area contributed by atoms with Crippen LogP contribution < -0.4 is 5.32 Å². The third-order valence-electron chi connectivity index (χ3n) is 4.18. The number of carbonyl (C=O) groups is 1. The number of nitrogens with one attached hydrogen (secondary N) is 1. The third-order valence-corrected chi connectivity index (χ3v) is 6.60. The summed E-state index contributed by atoms with van der Waals surface area (Å²) in [6.45, 7) is 5.14. The highest BCUT2D eigenvalue weighted by molar-refractivity contribution is 7.92. The van der Waals surface area contributed by atoms with Crippen molar-refractivity contribution < 1.29 is 17.6 Å². The Morgan fingerprint density at radius 1 is 1.04 bits per heavy atom. The van der Waals surface area contributed by atoms with Gasteiger partial charge in [0.2, 0.25) is 5.91 Å². The van der Waals surface area contributed by atoms with Crippen molar-refractivity contribution in [3.63, 3.8) is 0 Å². The van der Waals surface area contributed by atoms with E-state index in [1.165, 1.54) is 6.92 Å². The molecule has 1 amide bonds. The molecule has 0 saturated carbocycles. The SMILES string of the molecule is CC(C)C(NC(=O)C(C)S(=O)(=O)c1ccc(F)cc1)c1ccccc1Cl. The molecule has 0 bridgehead atoms. The van der Waals surface area contributed by atoms with E-state index in [-0.39, 0.29) is 10.8 Å². The van der Waals surface area contributed by atoms with Gasteiger partial charge in [0.15, 0.2) is 9.84 Å². The number of benzene rings is 2. The second kappa shape index (κ2) is 8.18. The van der Waals surface area contributed by atoms with Gasteiger partial charge in [-0.2, -0.15) is 0 Å². The fourth-order valence-corrected chi connectivity index (χ4v) is 4.10. The Labute approximate surface area is 158 Å². The van der Waals surface area contributed by atoms with E-state index in [1.54, 1.807) is 24.3 Å². The van der Waals surface area contributed by atoms with Gasteiger partial charge in [-0.05, 0) is 48.7 Å².